The first-order valence-electron chi connectivity index (χ1n) is 4.04. The highest BCUT2D eigenvalue weighted by Crippen LogP contribution is 2.05. The van der Waals surface area contributed by atoms with Crippen molar-refractivity contribution in [2.24, 2.45) is 0 Å². The van der Waals surface area contributed by atoms with Crippen LogP contribution < -0.4 is 0 Å². The van der Waals surface area contributed by atoms with E-state index < -0.39 is 5.97 Å². The molecule has 0 radical (unpaired) electrons. The highest BCUT2D eigenvalue weighted by Gasteiger charge is 1.85. The predicted octanol–water partition coefficient (Wildman–Crippen LogP) is 3.18. The highest BCUT2D eigenvalue weighted by molar-refractivity contribution is 5.78. The zero-order chi connectivity index (χ0) is 10.9. The molecule has 0 aliphatic heterocycles. The maximum Gasteiger partial charge on any atom is 0.327 e. The molecule has 0 aromatic heterocycles. The summed E-state index contributed by atoms with van der Waals surface area (Å²) >= 11 is 0. The van der Waals surface area contributed by atoms with Gasteiger partial charge in [0.2, 0.25) is 0 Å². The van der Waals surface area contributed by atoms with Gasteiger partial charge >= 0.3 is 5.97 Å². The van der Waals surface area contributed by atoms with Crippen LogP contribution in [0.2, 0.25) is 0 Å². The number of aliphatic carboxylic acids is 1. The number of hydrogen-bond donors (Lipinski definition) is 1. The summed E-state index contributed by atoms with van der Waals surface area (Å²) in [5, 5.41) is 7.60. The van der Waals surface area contributed by atoms with Gasteiger partial charge in [-0.3, -0.25) is 0 Å². The normalized spacial score (nSPS) is 7.85. The Hall–Kier alpha value is -1.31. The van der Waals surface area contributed by atoms with Crippen LogP contribution >= 0.6 is 0 Å². The van der Waals surface area contributed by atoms with Crippen LogP contribution in [0.5, 0.6) is 0 Å². The zero-order valence-electron chi connectivity index (χ0n) is 8.47. The van der Waals surface area contributed by atoms with Crippen LogP contribution in [0.15, 0.2) is 37.0 Å². The summed E-state index contributed by atoms with van der Waals surface area (Å²) in [4.78, 5) is 9.25. The third-order valence-electron chi connectivity index (χ3n) is 1.15. The molecule has 0 aromatic rings. The summed E-state index contributed by atoms with van der Waals surface area (Å²) in [7, 11) is 0. The Balaban J connectivity index is 0. The van der Waals surface area contributed by atoms with E-state index in [-0.39, 0.29) is 0 Å². The van der Waals surface area contributed by atoms with E-state index in [0.29, 0.717) is 0 Å². The topological polar surface area (TPSA) is 37.3 Å². The number of rotatable bonds is 4. The van der Waals surface area contributed by atoms with Gasteiger partial charge in [0.15, 0.2) is 0 Å². The molecule has 0 bridgehead atoms. The fourth-order valence-electron chi connectivity index (χ4n) is 0.427. The van der Waals surface area contributed by atoms with Crippen LogP contribution in [0.4, 0.5) is 0 Å². The van der Waals surface area contributed by atoms with Crippen molar-refractivity contribution in [3.05, 3.63) is 37.0 Å². The Morgan fingerprint density at radius 3 is 1.54 bits per heavy atom. The van der Waals surface area contributed by atoms with Crippen LogP contribution in [0.25, 0.3) is 0 Å². The van der Waals surface area contributed by atoms with Crippen molar-refractivity contribution in [1.29, 1.82) is 0 Å². The lowest BCUT2D eigenvalue weighted by Gasteiger charge is -1.95. The van der Waals surface area contributed by atoms with Gasteiger partial charge in [-0.2, -0.15) is 0 Å². The molecule has 2 heteroatoms. The van der Waals surface area contributed by atoms with Crippen LogP contribution in [0.1, 0.15) is 26.7 Å². The van der Waals surface area contributed by atoms with E-state index in [0.717, 1.165) is 18.9 Å². The lowest BCUT2D eigenvalue weighted by atomic mass is 10.1. The smallest absolute Gasteiger partial charge is 0.327 e. The van der Waals surface area contributed by atoms with Crippen molar-refractivity contribution in [3.8, 4) is 0 Å². The number of carboxylic acid groups (broad SMARTS) is 1. The van der Waals surface area contributed by atoms with Gasteiger partial charge in [0.25, 0.3) is 0 Å². The van der Waals surface area contributed by atoms with E-state index in [1.54, 1.807) is 0 Å². The fourth-order valence-corrected chi connectivity index (χ4v) is 0.427. The minimum atomic E-state index is -0.981. The quantitative estimate of drug-likeness (QED) is 0.535. The molecule has 0 heterocycles. The minimum absolute atomic E-state index is 0.833. The SMILES string of the molecule is C=C(C)CCC(=C)C.C=CC(=O)O. The predicted molar refractivity (Wildman–Crippen MR) is 56.7 cm³/mol. The van der Waals surface area contributed by atoms with Gasteiger partial charge < -0.3 is 5.11 Å². The van der Waals surface area contributed by atoms with Crippen LogP contribution in [-0.4, -0.2) is 11.1 Å². The van der Waals surface area contributed by atoms with E-state index in [1.165, 1.54) is 11.1 Å². The van der Waals surface area contributed by atoms with Crippen LogP contribution in [0.3, 0.4) is 0 Å². The maximum atomic E-state index is 9.25. The molecule has 0 rings (SSSR count). The van der Waals surface area contributed by atoms with Gasteiger partial charge in [-0.25, -0.2) is 4.79 Å². The third kappa shape index (κ3) is 24.9. The largest absolute Gasteiger partial charge is 0.478 e. The summed E-state index contributed by atoms with van der Waals surface area (Å²) in [5.74, 6) is -0.981. The number of hydrogen-bond acceptors (Lipinski definition) is 1. The molecular weight excluding hydrogens is 164 g/mol. The van der Waals surface area contributed by atoms with Crippen molar-refractivity contribution in [2.75, 3.05) is 0 Å². The van der Waals surface area contributed by atoms with Crippen molar-refractivity contribution in [1.82, 2.24) is 0 Å². The molecule has 0 atom stereocenters. The summed E-state index contributed by atoms with van der Waals surface area (Å²) in [6, 6.07) is 0. The van der Waals surface area contributed by atoms with E-state index >= 15 is 0 Å². The van der Waals surface area contributed by atoms with E-state index in [4.69, 9.17) is 5.11 Å². The van der Waals surface area contributed by atoms with Gasteiger partial charge in [0, 0.05) is 6.08 Å². The van der Waals surface area contributed by atoms with Gasteiger partial charge in [0.1, 0.15) is 0 Å². The summed E-state index contributed by atoms with van der Waals surface area (Å²) in [5.41, 5.74) is 2.49. The first kappa shape index (κ1) is 14.2. The fraction of sp³-hybridized carbons (Fsp3) is 0.364. The molecule has 0 aromatic carbocycles. The average molecular weight is 182 g/mol. The molecule has 0 saturated heterocycles. The molecule has 0 spiro atoms. The number of carbonyl (C=O) groups is 1. The molecule has 13 heavy (non-hydrogen) atoms. The van der Waals surface area contributed by atoms with E-state index in [1.807, 2.05) is 13.8 Å². The van der Waals surface area contributed by atoms with Gasteiger partial charge in [0.05, 0.1) is 0 Å². The Bertz CT molecular complexity index is 188. The molecule has 0 saturated carbocycles. The average Bonchev–Trinajstić information content (AvgIpc) is 2.02. The van der Waals surface area contributed by atoms with Gasteiger partial charge in [-0.15, -0.1) is 13.2 Å². The lowest BCUT2D eigenvalue weighted by Crippen LogP contribution is -1.82. The summed E-state index contributed by atoms with van der Waals surface area (Å²) in [6.07, 6.45) is 3.02. The molecule has 0 unspecified atom stereocenters. The molecule has 0 fully saturated rings. The Morgan fingerprint density at radius 1 is 1.23 bits per heavy atom. The second-order valence-corrected chi connectivity index (χ2v) is 2.96. The second kappa shape index (κ2) is 8.78. The van der Waals surface area contributed by atoms with Crippen LogP contribution in [-0.2, 0) is 4.79 Å². The van der Waals surface area contributed by atoms with Crippen molar-refractivity contribution in [3.63, 3.8) is 0 Å². The van der Waals surface area contributed by atoms with Crippen LogP contribution in [0, 0.1) is 0 Å². The molecule has 0 amide bonds. The summed E-state index contributed by atoms with van der Waals surface area (Å²) in [6.45, 7) is 14.6. The van der Waals surface area contributed by atoms with Crippen molar-refractivity contribution < 1.29 is 9.90 Å². The molecule has 0 aliphatic rings. The molecule has 1 N–H and O–H groups in total. The van der Waals surface area contributed by atoms with Crippen molar-refractivity contribution >= 4 is 5.97 Å². The standard InChI is InChI=1S/C8H14.C3H4O2/c1-7(2)5-6-8(3)4;1-2-3(4)5/h1,3,5-6H2,2,4H3;2H,1H2,(H,4,5). The maximum absolute atomic E-state index is 9.25. The third-order valence-corrected chi connectivity index (χ3v) is 1.15. The monoisotopic (exact) mass is 182 g/mol. The second-order valence-electron chi connectivity index (χ2n) is 2.96. The lowest BCUT2D eigenvalue weighted by molar-refractivity contribution is -0.131. The molecule has 74 valence electrons. The molecular formula is C11H18O2. The minimum Gasteiger partial charge on any atom is -0.478 e. The number of carboxylic acids is 1. The summed E-state index contributed by atoms with van der Waals surface area (Å²) < 4.78 is 0. The first-order chi connectivity index (χ1) is 5.90. The molecule has 2 nitrogen and oxygen atoms in total. The molecule has 0 aliphatic carbocycles. The van der Waals surface area contributed by atoms with E-state index in [9.17, 15) is 4.79 Å². The Labute approximate surface area is 80.3 Å². The van der Waals surface area contributed by atoms with Crippen molar-refractivity contribution in [2.45, 2.75) is 26.7 Å². The first-order valence-corrected chi connectivity index (χ1v) is 4.04. The Kier molecular flexibility index (Phi) is 9.61. The van der Waals surface area contributed by atoms with E-state index in [2.05, 4.69) is 19.7 Å². The zero-order valence-corrected chi connectivity index (χ0v) is 8.47. The highest BCUT2D eigenvalue weighted by atomic mass is 16.4. The number of allylic oxidation sites excluding steroid dienone is 2. The Morgan fingerprint density at radius 2 is 1.46 bits per heavy atom. The van der Waals surface area contributed by atoms with Gasteiger partial charge in [-0.1, -0.05) is 17.7 Å². The van der Waals surface area contributed by atoms with Gasteiger partial charge in [-0.05, 0) is 26.7 Å².